The third-order valence-corrected chi connectivity index (χ3v) is 4.29. The van der Waals surface area contributed by atoms with Gasteiger partial charge in [0.05, 0.1) is 6.07 Å². The molecule has 0 aromatic heterocycles. The molecule has 20 heavy (non-hydrogen) atoms. The van der Waals surface area contributed by atoms with Gasteiger partial charge in [-0.2, -0.15) is 17.0 Å². The van der Waals surface area contributed by atoms with Crippen molar-refractivity contribution in [2.45, 2.75) is 13.8 Å². The van der Waals surface area contributed by atoms with Crippen LogP contribution in [0.3, 0.4) is 0 Å². The van der Waals surface area contributed by atoms with Crippen molar-refractivity contribution in [2.75, 3.05) is 34.8 Å². The molecule has 1 aromatic carbocycles. The summed E-state index contributed by atoms with van der Waals surface area (Å²) in [6.07, 6.45) is 0. The number of hydrogen-bond donors (Lipinski definition) is 1. The molecule has 106 valence electrons. The second-order valence-corrected chi connectivity index (χ2v) is 6.56. The minimum atomic E-state index is -1.01. The quantitative estimate of drug-likeness (QED) is 0.929. The highest BCUT2D eigenvalue weighted by Gasteiger charge is 2.27. The molecule has 1 amide bonds. The molecule has 5 heteroatoms. The molecule has 1 fully saturated rings. The summed E-state index contributed by atoms with van der Waals surface area (Å²) >= 11 is 1.98. The van der Waals surface area contributed by atoms with Crippen LogP contribution >= 0.6 is 11.8 Å². The molecular formula is C15H19N3OS. The predicted molar refractivity (Wildman–Crippen MR) is 84.0 cm³/mol. The fourth-order valence-corrected chi connectivity index (χ4v) is 2.82. The van der Waals surface area contributed by atoms with Crippen LogP contribution in [0.5, 0.6) is 0 Å². The van der Waals surface area contributed by atoms with Crippen molar-refractivity contribution in [3.8, 4) is 6.07 Å². The van der Waals surface area contributed by atoms with Gasteiger partial charge in [0, 0.05) is 36.0 Å². The highest BCUT2D eigenvalue weighted by atomic mass is 32.2. The Hall–Kier alpha value is -1.67. The predicted octanol–water partition coefficient (Wildman–Crippen LogP) is 2.73. The Kier molecular flexibility index (Phi) is 4.56. The van der Waals surface area contributed by atoms with Crippen molar-refractivity contribution in [1.82, 2.24) is 0 Å². The van der Waals surface area contributed by atoms with Gasteiger partial charge in [-0.25, -0.2) is 0 Å². The average molecular weight is 289 g/mol. The van der Waals surface area contributed by atoms with Crippen LogP contribution in [0.2, 0.25) is 0 Å². The van der Waals surface area contributed by atoms with Crippen molar-refractivity contribution < 1.29 is 4.79 Å². The molecule has 1 aliphatic rings. The van der Waals surface area contributed by atoms with Crippen LogP contribution in [0, 0.1) is 16.7 Å². The smallest absolute Gasteiger partial charge is 0.244 e. The van der Waals surface area contributed by atoms with E-state index in [1.165, 1.54) is 5.69 Å². The van der Waals surface area contributed by atoms with Gasteiger partial charge in [0.25, 0.3) is 0 Å². The summed E-state index contributed by atoms with van der Waals surface area (Å²) in [4.78, 5) is 14.3. The zero-order chi connectivity index (χ0) is 14.6. The number of anilines is 2. The lowest BCUT2D eigenvalue weighted by atomic mass is 9.94. The van der Waals surface area contributed by atoms with Gasteiger partial charge in [0.2, 0.25) is 5.91 Å². The fraction of sp³-hybridized carbons (Fsp3) is 0.467. The third kappa shape index (κ3) is 3.45. The molecule has 4 nitrogen and oxygen atoms in total. The van der Waals surface area contributed by atoms with Crippen molar-refractivity contribution in [3.05, 3.63) is 24.3 Å². The number of carbonyl (C=O) groups excluding carboxylic acids is 1. The normalized spacial score (nSPS) is 15.6. The van der Waals surface area contributed by atoms with E-state index in [9.17, 15) is 4.79 Å². The van der Waals surface area contributed by atoms with Crippen LogP contribution in [0.1, 0.15) is 13.8 Å². The van der Waals surface area contributed by atoms with E-state index in [-0.39, 0.29) is 5.91 Å². The van der Waals surface area contributed by atoms with Crippen LogP contribution in [-0.4, -0.2) is 30.5 Å². The summed E-state index contributed by atoms with van der Waals surface area (Å²) in [6, 6.07) is 9.82. The Labute approximate surface area is 124 Å². The number of thioether (sulfide) groups is 1. The lowest BCUT2D eigenvalue weighted by Crippen LogP contribution is -2.32. The average Bonchev–Trinajstić information content (AvgIpc) is 2.49. The third-order valence-electron chi connectivity index (χ3n) is 3.35. The molecule has 2 rings (SSSR count). The molecule has 1 heterocycles. The molecule has 0 bridgehead atoms. The number of nitrogens with one attached hydrogen (secondary N) is 1. The van der Waals surface area contributed by atoms with Crippen molar-refractivity contribution in [1.29, 1.82) is 5.26 Å². The number of hydrogen-bond acceptors (Lipinski definition) is 4. The number of nitrogens with zero attached hydrogens (tertiary/aromatic N) is 2. The van der Waals surface area contributed by atoms with Gasteiger partial charge in [0.15, 0.2) is 0 Å². The zero-order valence-electron chi connectivity index (χ0n) is 11.8. The number of benzene rings is 1. The Morgan fingerprint density at radius 2 is 1.90 bits per heavy atom. The lowest BCUT2D eigenvalue weighted by Gasteiger charge is -2.28. The molecule has 1 saturated heterocycles. The Bertz CT molecular complexity index is 513. The van der Waals surface area contributed by atoms with Gasteiger partial charge in [0.1, 0.15) is 5.41 Å². The van der Waals surface area contributed by atoms with Crippen LogP contribution in [0.25, 0.3) is 0 Å². The first-order valence-electron chi connectivity index (χ1n) is 6.68. The molecular weight excluding hydrogens is 270 g/mol. The van der Waals surface area contributed by atoms with E-state index in [1.54, 1.807) is 13.8 Å². The van der Waals surface area contributed by atoms with E-state index in [0.717, 1.165) is 30.3 Å². The Balaban J connectivity index is 2.01. The highest BCUT2D eigenvalue weighted by molar-refractivity contribution is 7.99. The molecule has 0 atom stereocenters. The van der Waals surface area contributed by atoms with Gasteiger partial charge < -0.3 is 10.2 Å². The first-order valence-corrected chi connectivity index (χ1v) is 7.84. The molecule has 0 saturated carbocycles. The minimum Gasteiger partial charge on any atom is -0.370 e. The van der Waals surface area contributed by atoms with E-state index in [2.05, 4.69) is 10.2 Å². The Morgan fingerprint density at radius 3 is 2.45 bits per heavy atom. The van der Waals surface area contributed by atoms with E-state index >= 15 is 0 Å². The summed E-state index contributed by atoms with van der Waals surface area (Å²) in [5, 5.41) is 11.7. The molecule has 1 N–H and O–H groups in total. The number of amides is 1. The van der Waals surface area contributed by atoms with Crippen LogP contribution < -0.4 is 10.2 Å². The maximum absolute atomic E-state index is 11.9. The minimum absolute atomic E-state index is 0.276. The summed E-state index contributed by atoms with van der Waals surface area (Å²) in [6.45, 7) is 5.36. The van der Waals surface area contributed by atoms with Crippen LogP contribution in [0.15, 0.2) is 24.3 Å². The summed E-state index contributed by atoms with van der Waals surface area (Å²) < 4.78 is 0. The molecule has 0 aliphatic carbocycles. The van der Waals surface area contributed by atoms with Gasteiger partial charge in [-0.15, -0.1) is 0 Å². The second kappa shape index (κ2) is 6.19. The number of nitriles is 1. The van der Waals surface area contributed by atoms with Crippen molar-refractivity contribution >= 4 is 29.0 Å². The molecule has 1 aliphatic heterocycles. The molecule has 1 aromatic rings. The first kappa shape index (κ1) is 14.7. The molecule has 0 radical (unpaired) electrons. The van der Waals surface area contributed by atoms with Crippen molar-refractivity contribution in [3.63, 3.8) is 0 Å². The van der Waals surface area contributed by atoms with Gasteiger partial charge >= 0.3 is 0 Å². The lowest BCUT2D eigenvalue weighted by molar-refractivity contribution is -0.121. The van der Waals surface area contributed by atoms with Gasteiger partial charge in [-0.05, 0) is 38.1 Å². The second-order valence-electron chi connectivity index (χ2n) is 5.34. The summed E-state index contributed by atoms with van der Waals surface area (Å²) in [5.41, 5.74) is 0.902. The summed E-state index contributed by atoms with van der Waals surface area (Å²) in [7, 11) is 0. The SMILES string of the molecule is CC(C)(C#N)C(=O)Nc1ccc(N2CCSCC2)cc1. The highest BCUT2D eigenvalue weighted by Crippen LogP contribution is 2.23. The van der Waals surface area contributed by atoms with E-state index in [0.29, 0.717) is 0 Å². The monoisotopic (exact) mass is 289 g/mol. The standard InChI is InChI=1S/C15H19N3OS/c1-15(2,11-16)14(19)17-12-3-5-13(6-4-12)18-7-9-20-10-8-18/h3-6H,7-10H2,1-2H3,(H,17,19). The van der Waals surface area contributed by atoms with Gasteiger partial charge in [-0.3, -0.25) is 4.79 Å². The zero-order valence-corrected chi connectivity index (χ0v) is 12.7. The van der Waals surface area contributed by atoms with E-state index < -0.39 is 5.41 Å². The maximum Gasteiger partial charge on any atom is 0.244 e. The number of rotatable bonds is 3. The molecule has 0 spiro atoms. The fourth-order valence-electron chi connectivity index (χ4n) is 1.92. The van der Waals surface area contributed by atoms with E-state index in [4.69, 9.17) is 5.26 Å². The summed E-state index contributed by atoms with van der Waals surface area (Å²) in [5.74, 6) is 2.05. The van der Waals surface area contributed by atoms with Crippen LogP contribution in [0.4, 0.5) is 11.4 Å². The first-order chi connectivity index (χ1) is 9.53. The topological polar surface area (TPSA) is 56.1 Å². The van der Waals surface area contributed by atoms with E-state index in [1.807, 2.05) is 42.1 Å². The largest absolute Gasteiger partial charge is 0.370 e. The maximum atomic E-state index is 11.9. The molecule has 0 unspecified atom stereocenters. The van der Waals surface area contributed by atoms with Crippen LogP contribution in [-0.2, 0) is 4.79 Å². The number of carbonyl (C=O) groups is 1. The van der Waals surface area contributed by atoms with Gasteiger partial charge in [-0.1, -0.05) is 0 Å². The van der Waals surface area contributed by atoms with Crippen molar-refractivity contribution in [2.24, 2.45) is 5.41 Å². The Morgan fingerprint density at radius 1 is 1.30 bits per heavy atom.